The molecule has 1 aliphatic carbocycles. The molecule has 0 N–H and O–H groups in total. The van der Waals surface area contributed by atoms with Gasteiger partial charge in [-0.05, 0) is 110 Å². The van der Waals surface area contributed by atoms with E-state index in [1.165, 1.54) is 44.2 Å². The van der Waals surface area contributed by atoms with Crippen LogP contribution in [0.3, 0.4) is 0 Å². The highest BCUT2D eigenvalue weighted by molar-refractivity contribution is 6.18. The molecule has 0 unspecified atom stereocenters. The zero-order valence-corrected chi connectivity index (χ0v) is 28.5. The van der Waals surface area contributed by atoms with Gasteiger partial charge in [-0.1, -0.05) is 123 Å². The number of fused-ring (bicyclic) bond motifs is 8. The van der Waals surface area contributed by atoms with Crippen LogP contribution in [0.25, 0.3) is 60.5 Å². The lowest BCUT2D eigenvalue weighted by atomic mass is 9.82. The molecule has 0 saturated heterocycles. The maximum absolute atomic E-state index is 4.96. The van der Waals surface area contributed by atoms with Crippen LogP contribution in [-0.2, 0) is 5.41 Å². The number of anilines is 3. The molecule has 4 nitrogen and oxygen atoms in total. The van der Waals surface area contributed by atoms with Gasteiger partial charge in [-0.25, -0.2) is 0 Å². The average Bonchev–Trinajstić information content (AvgIpc) is 3.72. The monoisotopic (exact) mass is 654 g/mol. The first-order valence-electron chi connectivity index (χ1n) is 17.5. The number of para-hydroxylation sites is 2. The van der Waals surface area contributed by atoms with Crippen LogP contribution >= 0.6 is 0 Å². The lowest BCUT2D eigenvalue weighted by Gasteiger charge is -2.28. The normalized spacial score (nSPS) is 13.1. The zero-order valence-electron chi connectivity index (χ0n) is 28.5. The van der Waals surface area contributed by atoms with E-state index in [1.54, 1.807) is 4.80 Å². The summed E-state index contributed by atoms with van der Waals surface area (Å²) < 4.78 is 0. The van der Waals surface area contributed by atoms with E-state index in [4.69, 9.17) is 10.2 Å². The lowest BCUT2D eigenvalue weighted by Crippen LogP contribution is -2.16. The van der Waals surface area contributed by atoms with Gasteiger partial charge < -0.3 is 4.90 Å². The number of benzene rings is 8. The van der Waals surface area contributed by atoms with Crippen LogP contribution in [0.4, 0.5) is 17.1 Å². The quantitative estimate of drug-likeness (QED) is 0.173. The van der Waals surface area contributed by atoms with Crippen LogP contribution in [0.5, 0.6) is 0 Å². The highest BCUT2D eigenvalue weighted by Crippen LogP contribution is 2.50. The number of rotatable bonds is 5. The molecule has 0 amide bonds. The molecule has 0 saturated carbocycles. The number of hydrogen-bond donors (Lipinski definition) is 0. The topological polar surface area (TPSA) is 34.0 Å². The largest absolute Gasteiger partial charge is 0.310 e. The van der Waals surface area contributed by atoms with Crippen molar-refractivity contribution in [1.82, 2.24) is 15.0 Å². The highest BCUT2D eigenvalue weighted by atomic mass is 15.5. The van der Waals surface area contributed by atoms with E-state index in [0.29, 0.717) is 0 Å². The van der Waals surface area contributed by atoms with Crippen LogP contribution < -0.4 is 4.90 Å². The fraction of sp³-hybridized carbons (Fsp3) is 0.0638. The van der Waals surface area contributed by atoms with Crippen molar-refractivity contribution >= 4 is 49.6 Å². The first kappa shape index (κ1) is 29.4. The van der Waals surface area contributed by atoms with Crippen LogP contribution in [0, 0.1) is 0 Å². The van der Waals surface area contributed by atoms with Crippen molar-refractivity contribution in [3.8, 4) is 27.9 Å². The predicted octanol–water partition coefficient (Wildman–Crippen LogP) is 12.2. The molecule has 1 heterocycles. The second-order valence-corrected chi connectivity index (χ2v) is 14.0. The number of aromatic nitrogens is 3. The Morgan fingerprint density at radius 2 is 1.14 bits per heavy atom. The van der Waals surface area contributed by atoms with Gasteiger partial charge in [-0.3, -0.25) is 0 Å². The van der Waals surface area contributed by atoms with Gasteiger partial charge in [0.25, 0.3) is 0 Å². The summed E-state index contributed by atoms with van der Waals surface area (Å²) >= 11 is 0. The van der Waals surface area contributed by atoms with Crippen molar-refractivity contribution < 1.29 is 0 Å². The molecule has 0 fully saturated rings. The first-order chi connectivity index (χ1) is 25.0. The fourth-order valence-electron chi connectivity index (χ4n) is 8.04. The second-order valence-electron chi connectivity index (χ2n) is 14.0. The van der Waals surface area contributed by atoms with Gasteiger partial charge in [-0.2, -0.15) is 4.80 Å². The molecular weight excluding hydrogens is 621 g/mol. The Bertz CT molecular complexity index is 2760. The Balaban J connectivity index is 1.03. The average molecular weight is 655 g/mol. The van der Waals surface area contributed by atoms with Crippen molar-refractivity contribution in [3.63, 3.8) is 0 Å². The van der Waals surface area contributed by atoms with E-state index in [0.717, 1.165) is 44.6 Å². The van der Waals surface area contributed by atoms with Crippen molar-refractivity contribution in [3.05, 3.63) is 181 Å². The van der Waals surface area contributed by atoms with Crippen molar-refractivity contribution in [1.29, 1.82) is 0 Å². The molecule has 0 bridgehead atoms. The van der Waals surface area contributed by atoms with E-state index in [2.05, 4.69) is 158 Å². The van der Waals surface area contributed by atoms with Crippen molar-refractivity contribution in [2.75, 3.05) is 4.90 Å². The van der Waals surface area contributed by atoms with Gasteiger partial charge in [-0.15, -0.1) is 10.2 Å². The van der Waals surface area contributed by atoms with E-state index >= 15 is 0 Å². The molecule has 242 valence electrons. The molecule has 4 heteroatoms. The number of nitrogens with zero attached hydrogens (tertiary/aromatic N) is 4. The third-order valence-corrected chi connectivity index (χ3v) is 10.6. The maximum atomic E-state index is 4.96. The summed E-state index contributed by atoms with van der Waals surface area (Å²) in [6.07, 6.45) is 0. The highest BCUT2D eigenvalue weighted by Gasteiger charge is 2.35. The smallest absolute Gasteiger partial charge is 0.122 e. The van der Waals surface area contributed by atoms with Crippen molar-refractivity contribution in [2.45, 2.75) is 19.3 Å². The molecule has 1 aromatic heterocycles. The van der Waals surface area contributed by atoms with Crippen molar-refractivity contribution in [2.24, 2.45) is 0 Å². The van der Waals surface area contributed by atoms with Gasteiger partial charge in [0.15, 0.2) is 0 Å². The zero-order chi connectivity index (χ0) is 34.1. The summed E-state index contributed by atoms with van der Waals surface area (Å²) in [5, 5.41) is 14.4. The summed E-state index contributed by atoms with van der Waals surface area (Å²) in [6, 6.07) is 60.9. The van der Waals surface area contributed by atoms with E-state index in [9.17, 15) is 0 Å². The van der Waals surface area contributed by atoms with Crippen LogP contribution in [0.2, 0.25) is 0 Å². The van der Waals surface area contributed by atoms with Gasteiger partial charge >= 0.3 is 0 Å². The Kier molecular flexibility index (Phi) is 6.49. The van der Waals surface area contributed by atoms with E-state index in [1.807, 2.05) is 30.3 Å². The molecule has 9 aromatic rings. The molecule has 1 aliphatic rings. The molecule has 51 heavy (non-hydrogen) atoms. The second kappa shape index (κ2) is 11.3. The molecule has 8 aromatic carbocycles. The van der Waals surface area contributed by atoms with E-state index < -0.39 is 0 Å². The molecular formula is C47H34N4. The summed E-state index contributed by atoms with van der Waals surface area (Å²) in [5.74, 6) is 0. The SMILES string of the molecule is CC1(C)c2ccccc2-c2ccc(N(c3ccccc3)c3ccc(-c4ccc5c(ccc6ccc7nn(-c8ccccc8)nc7c65)c4)cc3)cc21. The molecule has 10 rings (SSSR count). The predicted molar refractivity (Wildman–Crippen MR) is 212 cm³/mol. The Morgan fingerprint density at radius 1 is 0.490 bits per heavy atom. The third kappa shape index (κ3) is 4.68. The molecule has 0 atom stereocenters. The molecule has 0 aliphatic heterocycles. The fourth-order valence-corrected chi connectivity index (χ4v) is 8.04. The minimum Gasteiger partial charge on any atom is -0.310 e. The van der Waals surface area contributed by atoms with Crippen LogP contribution in [-0.4, -0.2) is 15.0 Å². The first-order valence-corrected chi connectivity index (χ1v) is 17.5. The summed E-state index contributed by atoms with van der Waals surface area (Å²) in [7, 11) is 0. The number of hydrogen-bond acceptors (Lipinski definition) is 3. The lowest BCUT2D eigenvalue weighted by molar-refractivity contribution is 0.660. The summed E-state index contributed by atoms with van der Waals surface area (Å²) in [4.78, 5) is 4.10. The molecule has 0 radical (unpaired) electrons. The van der Waals surface area contributed by atoms with Gasteiger partial charge in [0, 0.05) is 27.9 Å². The van der Waals surface area contributed by atoms with Gasteiger partial charge in [0.2, 0.25) is 0 Å². The summed E-state index contributed by atoms with van der Waals surface area (Å²) in [5.41, 5.74) is 13.9. The van der Waals surface area contributed by atoms with Crippen LogP contribution in [0.15, 0.2) is 170 Å². The Morgan fingerprint density at radius 3 is 1.96 bits per heavy atom. The van der Waals surface area contributed by atoms with Crippen LogP contribution in [0.1, 0.15) is 25.0 Å². The minimum absolute atomic E-state index is 0.0697. The Hall–Kier alpha value is -6.52. The third-order valence-electron chi connectivity index (χ3n) is 10.6. The Labute approximate surface area is 296 Å². The molecule has 0 spiro atoms. The standard InChI is InChI=1S/C47H34N4/c1-47(2)42-16-10-9-15-40(42)41-27-25-38(30-43(41)47)50(35-11-5-3-6-12-35)36-23-19-31(20-24-36)33-21-26-39-34(29-33)18-17-32-22-28-44-46(45(32)39)49-51(48-44)37-13-7-4-8-14-37/h3-30H,1-2H3. The van der Waals surface area contributed by atoms with Gasteiger partial charge in [0.1, 0.15) is 11.0 Å². The summed E-state index contributed by atoms with van der Waals surface area (Å²) in [6.45, 7) is 4.68. The van der Waals surface area contributed by atoms with E-state index in [-0.39, 0.29) is 5.41 Å². The van der Waals surface area contributed by atoms with Gasteiger partial charge in [0.05, 0.1) is 5.69 Å². The maximum Gasteiger partial charge on any atom is 0.122 e. The minimum atomic E-state index is -0.0697.